The van der Waals surface area contributed by atoms with E-state index in [4.69, 9.17) is 0 Å². The molecule has 0 amide bonds. The highest BCUT2D eigenvalue weighted by Crippen LogP contribution is 2.43. The van der Waals surface area contributed by atoms with Crippen LogP contribution in [0.15, 0.2) is 46.9 Å². The zero-order valence-corrected chi connectivity index (χ0v) is 12.9. The summed E-state index contributed by atoms with van der Waals surface area (Å²) in [4.78, 5) is 0. The van der Waals surface area contributed by atoms with Crippen LogP contribution in [0.1, 0.15) is 30.0 Å². The lowest BCUT2D eigenvalue weighted by atomic mass is 10.0. The molecule has 0 heterocycles. The van der Waals surface area contributed by atoms with Gasteiger partial charge in [-0.15, -0.1) is 0 Å². The molecule has 1 aliphatic rings. The van der Waals surface area contributed by atoms with Gasteiger partial charge in [-0.1, -0.05) is 28.1 Å². The van der Waals surface area contributed by atoms with E-state index in [1.165, 1.54) is 12.1 Å². The van der Waals surface area contributed by atoms with E-state index in [1.807, 2.05) is 24.3 Å². The third-order valence-corrected chi connectivity index (χ3v) is 4.23. The highest BCUT2D eigenvalue weighted by atomic mass is 79.9. The summed E-state index contributed by atoms with van der Waals surface area (Å²) in [6.45, 7) is 0. The molecule has 1 fully saturated rings. The van der Waals surface area contributed by atoms with Gasteiger partial charge in [0.05, 0.1) is 17.3 Å². The minimum atomic E-state index is -0.227. The molecule has 21 heavy (non-hydrogen) atoms. The third kappa shape index (κ3) is 3.25. The van der Waals surface area contributed by atoms with Crippen LogP contribution >= 0.6 is 15.9 Å². The van der Waals surface area contributed by atoms with Gasteiger partial charge in [0.1, 0.15) is 11.9 Å². The molecular weight excluding hydrogens is 331 g/mol. The summed E-state index contributed by atoms with van der Waals surface area (Å²) in [7, 11) is 0. The van der Waals surface area contributed by atoms with Gasteiger partial charge in [-0.3, -0.25) is 0 Å². The van der Waals surface area contributed by atoms with Crippen molar-refractivity contribution in [2.75, 3.05) is 5.32 Å². The number of benzene rings is 2. The first-order valence-electron chi connectivity index (χ1n) is 6.89. The van der Waals surface area contributed by atoms with Crippen molar-refractivity contribution in [1.29, 1.82) is 5.26 Å². The standard InChI is InChI=1S/C17H14BrFN2/c18-14-5-8-16(13(9-14)10-20)21-17(11-1-2-11)12-3-6-15(19)7-4-12/h3-9,11,17,21H,1-2H2. The maximum Gasteiger partial charge on any atom is 0.123 e. The maximum absolute atomic E-state index is 13.1. The molecule has 106 valence electrons. The first-order chi connectivity index (χ1) is 10.2. The van der Waals surface area contributed by atoms with Crippen molar-refractivity contribution in [3.8, 4) is 6.07 Å². The van der Waals surface area contributed by atoms with Crippen molar-refractivity contribution in [2.24, 2.45) is 5.92 Å². The van der Waals surface area contributed by atoms with Crippen LogP contribution in [0.3, 0.4) is 0 Å². The number of nitriles is 1. The normalized spacial score (nSPS) is 15.3. The molecule has 1 unspecified atom stereocenters. The number of nitrogens with zero attached hydrogens (tertiary/aromatic N) is 1. The van der Waals surface area contributed by atoms with Gasteiger partial charge in [0.15, 0.2) is 0 Å². The average molecular weight is 345 g/mol. The zero-order chi connectivity index (χ0) is 14.8. The Kier molecular flexibility index (Phi) is 3.94. The van der Waals surface area contributed by atoms with Gasteiger partial charge in [-0.25, -0.2) is 4.39 Å². The predicted molar refractivity (Wildman–Crippen MR) is 84.3 cm³/mol. The molecule has 0 radical (unpaired) electrons. The zero-order valence-electron chi connectivity index (χ0n) is 11.3. The van der Waals surface area contributed by atoms with E-state index >= 15 is 0 Å². The van der Waals surface area contributed by atoms with Crippen molar-refractivity contribution >= 4 is 21.6 Å². The van der Waals surface area contributed by atoms with Crippen molar-refractivity contribution in [2.45, 2.75) is 18.9 Å². The van der Waals surface area contributed by atoms with E-state index in [0.29, 0.717) is 11.5 Å². The summed E-state index contributed by atoms with van der Waals surface area (Å²) in [6, 6.07) is 14.6. The van der Waals surface area contributed by atoms with Crippen LogP contribution < -0.4 is 5.32 Å². The van der Waals surface area contributed by atoms with Gasteiger partial charge >= 0.3 is 0 Å². The monoisotopic (exact) mass is 344 g/mol. The van der Waals surface area contributed by atoms with Gasteiger partial charge < -0.3 is 5.32 Å². The number of halogens is 2. The van der Waals surface area contributed by atoms with E-state index < -0.39 is 0 Å². The molecule has 0 saturated heterocycles. The lowest BCUT2D eigenvalue weighted by Gasteiger charge is -2.21. The fourth-order valence-corrected chi connectivity index (χ4v) is 2.84. The van der Waals surface area contributed by atoms with E-state index in [-0.39, 0.29) is 11.9 Å². The minimum Gasteiger partial charge on any atom is -0.377 e. The molecular formula is C17H14BrFN2. The van der Waals surface area contributed by atoms with Gasteiger partial charge in [-0.2, -0.15) is 5.26 Å². The molecule has 0 spiro atoms. The van der Waals surface area contributed by atoms with E-state index in [9.17, 15) is 9.65 Å². The number of hydrogen-bond acceptors (Lipinski definition) is 2. The molecule has 1 N–H and O–H groups in total. The Morgan fingerprint density at radius 3 is 2.52 bits per heavy atom. The summed E-state index contributed by atoms with van der Waals surface area (Å²) >= 11 is 3.38. The van der Waals surface area contributed by atoms with Crippen LogP contribution in [-0.2, 0) is 0 Å². The Balaban J connectivity index is 1.90. The van der Waals surface area contributed by atoms with Crippen molar-refractivity contribution < 1.29 is 4.39 Å². The number of rotatable bonds is 4. The second-order valence-electron chi connectivity index (χ2n) is 5.31. The molecule has 1 saturated carbocycles. The van der Waals surface area contributed by atoms with Crippen LogP contribution in [0.5, 0.6) is 0 Å². The number of hydrogen-bond donors (Lipinski definition) is 1. The third-order valence-electron chi connectivity index (χ3n) is 3.74. The summed E-state index contributed by atoms with van der Waals surface area (Å²) in [5.74, 6) is 0.320. The van der Waals surface area contributed by atoms with E-state index in [2.05, 4.69) is 27.3 Å². The highest BCUT2D eigenvalue weighted by Gasteiger charge is 2.32. The smallest absolute Gasteiger partial charge is 0.123 e. The van der Waals surface area contributed by atoms with Gasteiger partial charge in [-0.05, 0) is 54.7 Å². The molecule has 0 bridgehead atoms. The summed E-state index contributed by atoms with van der Waals surface area (Å²) in [5, 5.41) is 12.7. The molecule has 4 heteroatoms. The maximum atomic E-state index is 13.1. The summed E-state index contributed by atoms with van der Waals surface area (Å²) in [6.07, 6.45) is 2.32. The molecule has 2 nitrogen and oxygen atoms in total. The molecule has 1 aliphatic carbocycles. The van der Waals surface area contributed by atoms with Gasteiger partial charge in [0, 0.05) is 4.47 Å². The highest BCUT2D eigenvalue weighted by molar-refractivity contribution is 9.10. The quantitative estimate of drug-likeness (QED) is 0.844. The summed E-state index contributed by atoms with van der Waals surface area (Å²) < 4.78 is 14.0. The molecule has 3 rings (SSSR count). The Bertz CT molecular complexity index is 687. The Morgan fingerprint density at radius 2 is 1.90 bits per heavy atom. The van der Waals surface area contributed by atoms with Crippen LogP contribution in [0.25, 0.3) is 0 Å². The second kappa shape index (κ2) is 5.87. The van der Waals surface area contributed by atoms with E-state index in [0.717, 1.165) is 28.6 Å². The van der Waals surface area contributed by atoms with Crippen LogP contribution in [0.4, 0.5) is 10.1 Å². The van der Waals surface area contributed by atoms with Gasteiger partial charge in [0.25, 0.3) is 0 Å². The Hall–Kier alpha value is -1.86. The molecule has 2 aromatic rings. The minimum absolute atomic E-state index is 0.124. The molecule has 0 aromatic heterocycles. The lowest BCUT2D eigenvalue weighted by molar-refractivity contribution is 0.622. The van der Waals surface area contributed by atoms with E-state index in [1.54, 1.807) is 6.07 Å². The largest absolute Gasteiger partial charge is 0.377 e. The van der Waals surface area contributed by atoms with Crippen molar-refractivity contribution in [3.63, 3.8) is 0 Å². The van der Waals surface area contributed by atoms with Gasteiger partial charge in [0.2, 0.25) is 0 Å². The van der Waals surface area contributed by atoms with Crippen LogP contribution in [-0.4, -0.2) is 0 Å². The number of nitrogens with one attached hydrogen (secondary N) is 1. The van der Waals surface area contributed by atoms with Crippen LogP contribution in [0.2, 0.25) is 0 Å². The summed E-state index contributed by atoms with van der Waals surface area (Å²) in [5.41, 5.74) is 2.49. The number of anilines is 1. The fourth-order valence-electron chi connectivity index (χ4n) is 2.48. The first-order valence-corrected chi connectivity index (χ1v) is 7.68. The molecule has 2 aromatic carbocycles. The SMILES string of the molecule is N#Cc1cc(Br)ccc1NC(c1ccc(F)cc1)C1CC1. The Labute approximate surface area is 131 Å². The lowest BCUT2D eigenvalue weighted by Crippen LogP contribution is -2.13. The van der Waals surface area contributed by atoms with Crippen molar-refractivity contribution in [1.82, 2.24) is 0 Å². The van der Waals surface area contributed by atoms with Crippen molar-refractivity contribution in [3.05, 3.63) is 63.9 Å². The topological polar surface area (TPSA) is 35.8 Å². The second-order valence-corrected chi connectivity index (χ2v) is 6.23. The molecule has 1 atom stereocenters. The first kappa shape index (κ1) is 14.1. The predicted octanol–water partition coefficient (Wildman–Crippen LogP) is 5.02. The fraction of sp³-hybridized carbons (Fsp3) is 0.235. The average Bonchev–Trinajstić information content (AvgIpc) is 3.31. The van der Waals surface area contributed by atoms with Crippen LogP contribution in [0, 0.1) is 23.1 Å². The Morgan fingerprint density at radius 1 is 1.19 bits per heavy atom. The molecule has 0 aliphatic heterocycles.